The number of rotatable bonds is 2. The van der Waals surface area contributed by atoms with Crippen LogP contribution in [0.4, 0.5) is 4.79 Å². The molecule has 2 fully saturated rings. The highest BCUT2D eigenvalue weighted by atomic mass is 16.6. The van der Waals surface area contributed by atoms with E-state index in [1.165, 1.54) is 0 Å². The maximum absolute atomic E-state index is 12.0. The van der Waals surface area contributed by atoms with E-state index in [1.807, 2.05) is 25.7 Å². The summed E-state index contributed by atoms with van der Waals surface area (Å²) in [5.41, 5.74) is -0.504. The predicted octanol–water partition coefficient (Wildman–Crippen LogP) is 1.29. The topological polar surface area (TPSA) is 67.9 Å². The number of ether oxygens (including phenoxy) is 2. The highest BCUT2D eigenvalue weighted by Gasteiger charge is 2.33. The number of hydrogen-bond acceptors (Lipinski definition) is 4. The first-order valence-corrected chi connectivity index (χ1v) is 7.25. The molecule has 2 rings (SSSR count). The number of carbonyl (C=O) groups excluding carboxylic acids is 2. The monoisotopic (exact) mass is 284 g/mol. The molecule has 114 valence electrons. The molecule has 0 aliphatic carbocycles. The summed E-state index contributed by atoms with van der Waals surface area (Å²) < 4.78 is 10.8. The molecule has 6 nitrogen and oxygen atoms in total. The van der Waals surface area contributed by atoms with Gasteiger partial charge < -0.3 is 19.7 Å². The van der Waals surface area contributed by atoms with Gasteiger partial charge in [-0.25, -0.2) is 4.79 Å². The summed E-state index contributed by atoms with van der Waals surface area (Å²) in [5, 5.41) is 2.78. The Kier molecular flexibility index (Phi) is 4.52. The van der Waals surface area contributed by atoms with Crippen molar-refractivity contribution in [3.05, 3.63) is 0 Å². The van der Waals surface area contributed by atoms with Crippen LogP contribution >= 0.6 is 0 Å². The Morgan fingerprint density at radius 1 is 1.25 bits per heavy atom. The van der Waals surface area contributed by atoms with E-state index in [0.29, 0.717) is 13.0 Å². The molecule has 6 heteroatoms. The molecule has 20 heavy (non-hydrogen) atoms. The summed E-state index contributed by atoms with van der Waals surface area (Å²) in [5.74, 6) is 0.0898. The lowest BCUT2D eigenvalue weighted by Gasteiger charge is -2.36. The Labute approximate surface area is 119 Å². The second kappa shape index (κ2) is 5.99. The lowest BCUT2D eigenvalue weighted by molar-refractivity contribution is -0.150. The maximum atomic E-state index is 12.0. The first-order chi connectivity index (χ1) is 9.35. The summed E-state index contributed by atoms with van der Waals surface area (Å²) in [6.45, 7) is 7.53. The fourth-order valence-corrected chi connectivity index (χ4v) is 2.27. The van der Waals surface area contributed by atoms with Crippen LogP contribution in [0.15, 0.2) is 0 Å². The van der Waals surface area contributed by atoms with E-state index in [4.69, 9.17) is 9.47 Å². The summed E-state index contributed by atoms with van der Waals surface area (Å²) in [7, 11) is 0. The van der Waals surface area contributed by atoms with Gasteiger partial charge in [-0.2, -0.15) is 0 Å². The summed E-state index contributed by atoms with van der Waals surface area (Å²) >= 11 is 0. The number of nitrogens with one attached hydrogen (secondary N) is 1. The Morgan fingerprint density at radius 2 is 1.95 bits per heavy atom. The zero-order valence-corrected chi connectivity index (χ0v) is 12.5. The zero-order valence-electron chi connectivity index (χ0n) is 12.5. The lowest BCUT2D eigenvalue weighted by atomic mass is 10.0. The van der Waals surface area contributed by atoms with Crippen molar-refractivity contribution in [2.75, 3.05) is 19.7 Å². The van der Waals surface area contributed by atoms with E-state index >= 15 is 0 Å². The molecule has 0 spiro atoms. The summed E-state index contributed by atoms with van der Waals surface area (Å²) in [6.07, 6.45) is 1.70. The normalized spacial score (nSPS) is 26.6. The lowest BCUT2D eigenvalue weighted by Crippen LogP contribution is -2.52. The van der Waals surface area contributed by atoms with E-state index in [2.05, 4.69) is 5.32 Å². The van der Waals surface area contributed by atoms with Crippen LogP contribution in [0.2, 0.25) is 0 Å². The van der Waals surface area contributed by atoms with Gasteiger partial charge in [-0.1, -0.05) is 0 Å². The van der Waals surface area contributed by atoms with Gasteiger partial charge >= 0.3 is 6.09 Å². The van der Waals surface area contributed by atoms with Crippen molar-refractivity contribution in [3.8, 4) is 0 Å². The molecular formula is C14H24N2O4. The van der Waals surface area contributed by atoms with Crippen LogP contribution in [0, 0.1) is 0 Å². The zero-order chi connectivity index (χ0) is 14.8. The molecule has 0 aromatic heterocycles. The molecule has 2 aliphatic rings. The largest absolute Gasteiger partial charge is 0.444 e. The predicted molar refractivity (Wildman–Crippen MR) is 73.3 cm³/mol. The number of amides is 2. The minimum atomic E-state index is -0.504. The first-order valence-electron chi connectivity index (χ1n) is 7.25. The van der Waals surface area contributed by atoms with Gasteiger partial charge in [0.15, 0.2) is 0 Å². The van der Waals surface area contributed by atoms with Crippen LogP contribution in [0.25, 0.3) is 0 Å². The van der Waals surface area contributed by atoms with Gasteiger partial charge in [0.1, 0.15) is 11.7 Å². The molecule has 2 heterocycles. The third kappa shape index (κ3) is 4.10. The standard InChI is InChI=1S/C14H24N2O4/c1-14(2,3)20-13(18)15-10-5-6-11(19-9-10)12(17)16-7-4-8-16/h10-11H,4-9H2,1-3H3,(H,15,18)/t10-,11+/m1/s1. The van der Waals surface area contributed by atoms with Crippen LogP contribution in [0.5, 0.6) is 0 Å². The molecule has 2 atom stereocenters. The molecule has 0 unspecified atom stereocenters. The number of likely N-dealkylation sites (tertiary alicyclic amines) is 1. The van der Waals surface area contributed by atoms with Crippen molar-refractivity contribution in [2.45, 2.75) is 57.8 Å². The van der Waals surface area contributed by atoms with Gasteiger partial charge in [-0.3, -0.25) is 4.79 Å². The van der Waals surface area contributed by atoms with Crippen molar-refractivity contribution >= 4 is 12.0 Å². The van der Waals surface area contributed by atoms with Gasteiger partial charge in [-0.05, 0) is 40.0 Å². The molecule has 2 saturated heterocycles. The van der Waals surface area contributed by atoms with Crippen molar-refractivity contribution in [1.82, 2.24) is 10.2 Å². The fraction of sp³-hybridized carbons (Fsp3) is 0.857. The van der Waals surface area contributed by atoms with E-state index in [1.54, 1.807) is 0 Å². The van der Waals surface area contributed by atoms with Crippen molar-refractivity contribution in [2.24, 2.45) is 0 Å². The van der Waals surface area contributed by atoms with E-state index in [-0.39, 0.29) is 18.1 Å². The Balaban J connectivity index is 1.71. The van der Waals surface area contributed by atoms with Gasteiger partial charge in [0, 0.05) is 13.1 Å². The third-order valence-corrected chi connectivity index (χ3v) is 3.44. The highest BCUT2D eigenvalue weighted by Crippen LogP contribution is 2.19. The van der Waals surface area contributed by atoms with E-state index < -0.39 is 11.7 Å². The SMILES string of the molecule is CC(C)(C)OC(=O)N[C@@H]1CC[C@@H](C(=O)N2CCC2)OC1. The smallest absolute Gasteiger partial charge is 0.407 e. The Bertz CT molecular complexity index is 366. The highest BCUT2D eigenvalue weighted by molar-refractivity contribution is 5.81. The average molecular weight is 284 g/mol. The van der Waals surface area contributed by atoms with Crippen LogP contribution in [0.1, 0.15) is 40.0 Å². The Morgan fingerprint density at radius 3 is 2.40 bits per heavy atom. The summed E-state index contributed by atoms with van der Waals surface area (Å²) in [4.78, 5) is 25.5. The molecule has 0 saturated carbocycles. The van der Waals surface area contributed by atoms with Crippen molar-refractivity contribution < 1.29 is 19.1 Å². The number of alkyl carbamates (subject to hydrolysis) is 1. The second-order valence-corrected chi connectivity index (χ2v) is 6.42. The van der Waals surface area contributed by atoms with Crippen LogP contribution in [0.3, 0.4) is 0 Å². The van der Waals surface area contributed by atoms with Crippen LogP contribution in [-0.4, -0.2) is 54.3 Å². The fourth-order valence-electron chi connectivity index (χ4n) is 2.27. The van der Waals surface area contributed by atoms with E-state index in [9.17, 15) is 9.59 Å². The van der Waals surface area contributed by atoms with Crippen LogP contribution < -0.4 is 5.32 Å². The van der Waals surface area contributed by atoms with Crippen molar-refractivity contribution in [3.63, 3.8) is 0 Å². The first kappa shape index (κ1) is 15.1. The molecule has 0 bridgehead atoms. The molecule has 0 radical (unpaired) electrons. The van der Waals surface area contributed by atoms with Gasteiger partial charge in [0.05, 0.1) is 12.6 Å². The van der Waals surface area contributed by atoms with Gasteiger partial charge in [0.25, 0.3) is 5.91 Å². The third-order valence-electron chi connectivity index (χ3n) is 3.44. The molecule has 0 aromatic rings. The van der Waals surface area contributed by atoms with Gasteiger partial charge in [-0.15, -0.1) is 0 Å². The maximum Gasteiger partial charge on any atom is 0.407 e. The number of carbonyl (C=O) groups is 2. The minimum absolute atomic E-state index is 0.0784. The van der Waals surface area contributed by atoms with Crippen LogP contribution in [-0.2, 0) is 14.3 Å². The van der Waals surface area contributed by atoms with E-state index in [0.717, 1.165) is 25.9 Å². The second-order valence-electron chi connectivity index (χ2n) is 6.42. The molecule has 2 amide bonds. The number of nitrogens with zero attached hydrogens (tertiary/aromatic N) is 1. The molecule has 1 N–H and O–H groups in total. The summed E-state index contributed by atoms with van der Waals surface area (Å²) in [6, 6.07) is -0.0784. The average Bonchev–Trinajstić information content (AvgIpc) is 2.24. The number of hydrogen-bond donors (Lipinski definition) is 1. The molecule has 0 aromatic carbocycles. The van der Waals surface area contributed by atoms with Crippen molar-refractivity contribution in [1.29, 1.82) is 0 Å². The molecular weight excluding hydrogens is 260 g/mol. The quantitative estimate of drug-likeness (QED) is 0.829. The minimum Gasteiger partial charge on any atom is -0.444 e. The Hall–Kier alpha value is -1.30. The van der Waals surface area contributed by atoms with Gasteiger partial charge in [0.2, 0.25) is 0 Å². The molecule has 2 aliphatic heterocycles.